The molecule has 0 saturated carbocycles. The second-order valence-electron chi connectivity index (χ2n) is 5.72. The number of carbonyl (C=O) groups is 1. The first kappa shape index (κ1) is 17.1. The first-order valence-electron chi connectivity index (χ1n) is 7.76. The summed E-state index contributed by atoms with van der Waals surface area (Å²) in [6, 6.07) is 15.1. The monoisotopic (exact) mass is 349 g/mol. The van der Waals surface area contributed by atoms with E-state index in [-0.39, 0.29) is 17.0 Å². The van der Waals surface area contributed by atoms with Crippen molar-refractivity contribution in [3.63, 3.8) is 0 Å². The van der Waals surface area contributed by atoms with Gasteiger partial charge in [-0.1, -0.05) is 36.4 Å². The maximum Gasteiger partial charge on any atom is 0.275 e. The van der Waals surface area contributed by atoms with Gasteiger partial charge in [0.05, 0.1) is 16.7 Å². The number of aromatic hydroxyl groups is 1. The number of fused-ring (bicyclic) bond motifs is 1. The molecule has 130 valence electrons. The molecule has 3 aromatic carbocycles. The number of carbonyl (C=O) groups excluding carboxylic acids is 1. The van der Waals surface area contributed by atoms with E-state index in [0.29, 0.717) is 11.1 Å². The van der Waals surface area contributed by atoms with Gasteiger partial charge in [0.2, 0.25) is 0 Å². The van der Waals surface area contributed by atoms with Crippen LogP contribution < -0.4 is 5.43 Å². The van der Waals surface area contributed by atoms with Crippen molar-refractivity contribution in [1.82, 2.24) is 5.43 Å². The number of nitro benzene ring substituents is 1. The third kappa shape index (κ3) is 3.51. The Morgan fingerprint density at radius 1 is 1.15 bits per heavy atom. The Kier molecular flexibility index (Phi) is 4.62. The van der Waals surface area contributed by atoms with Crippen molar-refractivity contribution in [1.29, 1.82) is 0 Å². The lowest BCUT2D eigenvalue weighted by molar-refractivity contribution is -0.385. The van der Waals surface area contributed by atoms with E-state index >= 15 is 0 Å². The van der Waals surface area contributed by atoms with Crippen molar-refractivity contribution < 1.29 is 14.8 Å². The maximum absolute atomic E-state index is 12.2. The molecule has 2 N–H and O–H groups in total. The lowest BCUT2D eigenvalue weighted by Crippen LogP contribution is -2.17. The van der Waals surface area contributed by atoms with E-state index < -0.39 is 10.8 Å². The summed E-state index contributed by atoms with van der Waals surface area (Å²) >= 11 is 0. The Bertz CT molecular complexity index is 1040. The van der Waals surface area contributed by atoms with Gasteiger partial charge in [0.1, 0.15) is 5.75 Å². The summed E-state index contributed by atoms with van der Waals surface area (Å²) in [5.74, 6) is -0.728. The van der Waals surface area contributed by atoms with Crippen LogP contribution in [0.15, 0.2) is 59.7 Å². The number of nitrogens with zero attached hydrogens (tertiary/aromatic N) is 2. The van der Waals surface area contributed by atoms with Crippen LogP contribution in [-0.4, -0.2) is 22.2 Å². The third-order valence-electron chi connectivity index (χ3n) is 3.92. The molecule has 7 nitrogen and oxygen atoms in total. The molecular weight excluding hydrogens is 334 g/mol. The molecule has 0 atom stereocenters. The van der Waals surface area contributed by atoms with E-state index in [1.54, 1.807) is 25.1 Å². The fourth-order valence-electron chi connectivity index (χ4n) is 2.54. The van der Waals surface area contributed by atoms with Crippen molar-refractivity contribution in [3.05, 3.63) is 81.4 Å². The molecule has 3 rings (SSSR count). The lowest BCUT2D eigenvalue weighted by atomic mass is 10.1. The molecule has 0 heterocycles. The fraction of sp³-hybridized carbons (Fsp3) is 0.0526. The van der Waals surface area contributed by atoms with Crippen LogP contribution in [0.5, 0.6) is 5.75 Å². The number of hydrogen-bond acceptors (Lipinski definition) is 5. The van der Waals surface area contributed by atoms with E-state index in [1.807, 2.05) is 24.3 Å². The lowest BCUT2D eigenvalue weighted by Gasteiger charge is -2.05. The highest BCUT2D eigenvalue weighted by Crippen LogP contribution is 2.25. The Morgan fingerprint density at radius 2 is 1.85 bits per heavy atom. The van der Waals surface area contributed by atoms with Crippen LogP contribution in [0.3, 0.4) is 0 Å². The summed E-state index contributed by atoms with van der Waals surface area (Å²) in [6.45, 7) is 1.64. The van der Waals surface area contributed by atoms with Gasteiger partial charge in [-0.2, -0.15) is 5.10 Å². The average Bonchev–Trinajstić information content (AvgIpc) is 2.62. The van der Waals surface area contributed by atoms with E-state index in [0.717, 1.165) is 10.8 Å². The molecule has 1 amide bonds. The third-order valence-corrected chi connectivity index (χ3v) is 3.92. The van der Waals surface area contributed by atoms with E-state index in [2.05, 4.69) is 10.5 Å². The molecule has 26 heavy (non-hydrogen) atoms. The van der Waals surface area contributed by atoms with Crippen molar-refractivity contribution in [3.8, 4) is 5.75 Å². The molecule has 0 saturated heterocycles. The second kappa shape index (κ2) is 7.02. The van der Waals surface area contributed by atoms with Gasteiger partial charge in [-0.25, -0.2) is 5.43 Å². The molecule has 0 radical (unpaired) electrons. The highest BCUT2D eigenvalue weighted by atomic mass is 16.6. The van der Waals surface area contributed by atoms with Gasteiger partial charge in [-0.05, 0) is 29.8 Å². The molecule has 0 fully saturated rings. The summed E-state index contributed by atoms with van der Waals surface area (Å²) < 4.78 is 0. The Balaban J connectivity index is 1.79. The summed E-state index contributed by atoms with van der Waals surface area (Å²) in [4.78, 5) is 22.7. The molecule has 0 spiro atoms. The number of hydrazone groups is 1. The summed E-state index contributed by atoms with van der Waals surface area (Å²) in [5.41, 5.74) is 3.41. The number of nitrogens with one attached hydrogen (secondary N) is 1. The number of hydrogen-bond donors (Lipinski definition) is 2. The van der Waals surface area contributed by atoms with Crippen LogP contribution in [0.4, 0.5) is 5.69 Å². The van der Waals surface area contributed by atoms with E-state index in [9.17, 15) is 20.0 Å². The highest BCUT2D eigenvalue weighted by Gasteiger charge is 2.12. The smallest absolute Gasteiger partial charge is 0.275 e. The minimum Gasteiger partial charge on any atom is -0.507 e. The molecule has 0 aliphatic carbocycles. The first-order valence-corrected chi connectivity index (χ1v) is 7.76. The summed E-state index contributed by atoms with van der Waals surface area (Å²) in [5, 5.41) is 26.4. The zero-order valence-electron chi connectivity index (χ0n) is 13.8. The standard InChI is InChI=1S/C19H15N3O4/c1-12-6-7-13(8-17(12)22(25)26)11-20-21-19(24)16-9-14-4-2-3-5-15(14)10-18(16)23/h2-11,23H,1H3,(H,21,24)/b20-11-. The zero-order chi connectivity index (χ0) is 18.7. The van der Waals surface area contributed by atoms with Crippen LogP contribution in [0.1, 0.15) is 21.5 Å². The van der Waals surface area contributed by atoms with Gasteiger partial charge in [0.25, 0.3) is 11.6 Å². The number of rotatable bonds is 4. The van der Waals surface area contributed by atoms with Crippen LogP contribution in [0.25, 0.3) is 10.8 Å². The van der Waals surface area contributed by atoms with Gasteiger partial charge in [-0.15, -0.1) is 0 Å². The predicted molar refractivity (Wildman–Crippen MR) is 98.5 cm³/mol. The Morgan fingerprint density at radius 3 is 2.54 bits per heavy atom. The minimum absolute atomic E-state index is 0.0209. The molecule has 7 heteroatoms. The predicted octanol–water partition coefficient (Wildman–Crippen LogP) is 3.53. The van der Waals surface area contributed by atoms with E-state index in [4.69, 9.17) is 0 Å². The van der Waals surface area contributed by atoms with Gasteiger partial charge in [-0.3, -0.25) is 14.9 Å². The zero-order valence-corrected chi connectivity index (χ0v) is 13.8. The number of nitro groups is 1. The largest absolute Gasteiger partial charge is 0.507 e. The number of benzene rings is 3. The molecule has 0 unspecified atom stereocenters. The molecule has 0 aliphatic rings. The Labute approximate surface area is 148 Å². The maximum atomic E-state index is 12.2. The topological polar surface area (TPSA) is 105 Å². The molecule has 0 aliphatic heterocycles. The molecule has 3 aromatic rings. The number of phenols is 1. The normalized spacial score (nSPS) is 11.0. The van der Waals surface area contributed by atoms with Crippen LogP contribution in [-0.2, 0) is 0 Å². The summed E-state index contributed by atoms with van der Waals surface area (Å²) in [6.07, 6.45) is 1.31. The number of amides is 1. The van der Waals surface area contributed by atoms with Crippen LogP contribution >= 0.6 is 0 Å². The number of aryl methyl sites for hydroxylation is 1. The van der Waals surface area contributed by atoms with Gasteiger partial charge in [0.15, 0.2) is 0 Å². The van der Waals surface area contributed by atoms with Crippen molar-refractivity contribution in [2.75, 3.05) is 0 Å². The van der Waals surface area contributed by atoms with Crippen molar-refractivity contribution in [2.24, 2.45) is 5.10 Å². The van der Waals surface area contributed by atoms with Gasteiger partial charge >= 0.3 is 0 Å². The van der Waals surface area contributed by atoms with Crippen LogP contribution in [0, 0.1) is 17.0 Å². The SMILES string of the molecule is Cc1ccc(/C=N\NC(=O)c2cc3ccccc3cc2O)cc1[N+](=O)[O-]. The van der Waals surface area contributed by atoms with Crippen molar-refractivity contribution in [2.45, 2.75) is 6.92 Å². The molecular formula is C19H15N3O4. The van der Waals surface area contributed by atoms with Gasteiger partial charge in [0, 0.05) is 17.2 Å². The van der Waals surface area contributed by atoms with Crippen molar-refractivity contribution >= 4 is 28.6 Å². The average molecular weight is 349 g/mol. The van der Waals surface area contributed by atoms with Gasteiger partial charge < -0.3 is 5.11 Å². The quantitative estimate of drug-likeness (QED) is 0.427. The first-order chi connectivity index (χ1) is 12.5. The van der Waals surface area contributed by atoms with E-state index in [1.165, 1.54) is 18.3 Å². The summed E-state index contributed by atoms with van der Waals surface area (Å²) in [7, 11) is 0. The number of phenolic OH excluding ortho intramolecular Hbond substituents is 1. The second-order valence-corrected chi connectivity index (χ2v) is 5.72. The minimum atomic E-state index is -0.578. The Hall–Kier alpha value is -3.74. The van der Waals surface area contributed by atoms with Crippen LogP contribution in [0.2, 0.25) is 0 Å². The molecule has 0 bridgehead atoms. The highest BCUT2D eigenvalue weighted by molar-refractivity contribution is 6.01. The fourth-order valence-corrected chi connectivity index (χ4v) is 2.54. The molecule has 0 aromatic heterocycles.